The summed E-state index contributed by atoms with van der Waals surface area (Å²) in [4.78, 5) is 15.6. The minimum atomic E-state index is -0.294. The van der Waals surface area contributed by atoms with Crippen molar-refractivity contribution >= 4 is 23.4 Å². The van der Waals surface area contributed by atoms with E-state index in [9.17, 15) is 4.79 Å². The Morgan fingerprint density at radius 2 is 2.16 bits per heavy atom. The molecule has 1 heterocycles. The number of hydrogen-bond acceptors (Lipinski definition) is 5. The van der Waals surface area contributed by atoms with Crippen LogP contribution in [-0.2, 0) is 5.75 Å². The number of amides is 1. The average molecular weight is 274 g/mol. The predicted molar refractivity (Wildman–Crippen MR) is 76.3 cm³/mol. The topological polar surface area (TPSA) is 94.0 Å². The molecule has 2 aromatic rings. The molecule has 5 N–H and O–H groups in total. The quantitative estimate of drug-likeness (QED) is 0.340. The molecule has 1 amide bonds. The van der Waals surface area contributed by atoms with E-state index < -0.39 is 0 Å². The van der Waals surface area contributed by atoms with Gasteiger partial charge in [0.2, 0.25) is 0 Å². The lowest BCUT2D eigenvalue weighted by Gasteiger charge is -2.04. The van der Waals surface area contributed by atoms with E-state index in [4.69, 9.17) is 11.6 Å². The molecular formula is C13H14N4OS. The number of nitrogen functional groups attached to an aromatic ring is 2. The Hall–Kier alpha value is -2.05. The van der Waals surface area contributed by atoms with Gasteiger partial charge in [-0.25, -0.2) is 10.8 Å². The fourth-order valence-corrected chi connectivity index (χ4v) is 2.31. The fourth-order valence-electron chi connectivity index (χ4n) is 1.52. The van der Waals surface area contributed by atoms with Gasteiger partial charge in [-0.3, -0.25) is 10.2 Å². The number of aromatic nitrogens is 1. The van der Waals surface area contributed by atoms with Gasteiger partial charge in [-0.1, -0.05) is 12.1 Å². The number of thioether (sulfide) groups is 1. The first-order valence-corrected chi connectivity index (χ1v) is 6.62. The van der Waals surface area contributed by atoms with Crippen LogP contribution in [0.5, 0.6) is 0 Å². The van der Waals surface area contributed by atoms with Crippen molar-refractivity contribution in [3.63, 3.8) is 0 Å². The summed E-state index contributed by atoms with van der Waals surface area (Å²) in [6.07, 6.45) is 1.63. The Labute approximate surface area is 115 Å². The first-order valence-electron chi connectivity index (χ1n) is 5.63. The van der Waals surface area contributed by atoms with Crippen LogP contribution in [0.1, 0.15) is 15.9 Å². The molecule has 2 rings (SSSR count). The van der Waals surface area contributed by atoms with Gasteiger partial charge >= 0.3 is 0 Å². The number of hydrogen-bond donors (Lipinski definition) is 3. The third-order valence-electron chi connectivity index (χ3n) is 2.47. The molecule has 19 heavy (non-hydrogen) atoms. The van der Waals surface area contributed by atoms with Crippen molar-refractivity contribution in [1.82, 2.24) is 10.4 Å². The summed E-state index contributed by atoms with van der Waals surface area (Å²) in [7, 11) is 0. The molecule has 1 aromatic carbocycles. The second kappa shape index (κ2) is 6.21. The van der Waals surface area contributed by atoms with Crippen molar-refractivity contribution in [1.29, 1.82) is 0 Å². The summed E-state index contributed by atoms with van der Waals surface area (Å²) in [5, 5.41) is 0.892. The van der Waals surface area contributed by atoms with Gasteiger partial charge in [0.25, 0.3) is 5.91 Å². The van der Waals surface area contributed by atoms with Gasteiger partial charge < -0.3 is 5.73 Å². The molecule has 1 aromatic heterocycles. The van der Waals surface area contributed by atoms with Crippen molar-refractivity contribution in [3.05, 3.63) is 53.7 Å². The molecule has 6 heteroatoms. The number of anilines is 1. The van der Waals surface area contributed by atoms with Crippen LogP contribution in [0.25, 0.3) is 0 Å². The molecule has 0 aliphatic carbocycles. The van der Waals surface area contributed by atoms with Crippen molar-refractivity contribution in [2.75, 3.05) is 5.73 Å². The van der Waals surface area contributed by atoms with E-state index in [0.717, 1.165) is 16.3 Å². The third kappa shape index (κ3) is 3.70. The zero-order valence-electron chi connectivity index (χ0n) is 10.2. The van der Waals surface area contributed by atoms with E-state index in [-0.39, 0.29) is 5.91 Å². The monoisotopic (exact) mass is 274 g/mol. The number of benzene rings is 1. The number of nitrogens with two attached hydrogens (primary N) is 2. The summed E-state index contributed by atoms with van der Waals surface area (Å²) in [5.74, 6) is 5.54. The van der Waals surface area contributed by atoms with Gasteiger partial charge in [0, 0.05) is 11.3 Å². The van der Waals surface area contributed by atoms with Crippen LogP contribution in [-0.4, -0.2) is 10.9 Å². The van der Waals surface area contributed by atoms with E-state index in [1.165, 1.54) is 0 Å². The molecule has 0 unspecified atom stereocenters. The standard InChI is InChI=1S/C13H14N4OS/c14-11-4-5-12(16-7-11)19-8-9-2-1-3-10(6-9)13(18)17-15/h1-7H,8,14-15H2,(H,17,18). The Balaban J connectivity index is 2.03. The van der Waals surface area contributed by atoms with Crippen LogP contribution >= 0.6 is 11.8 Å². The Kier molecular flexibility index (Phi) is 4.38. The largest absolute Gasteiger partial charge is 0.397 e. The number of nitrogens with zero attached hydrogens (tertiary/aromatic N) is 1. The second-order valence-corrected chi connectivity index (χ2v) is 4.89. The minimum Gasteiger partial charge on any atom is -0.397 e. The molecule has 5 nitrogen and oxygen atoms in total. The van der Waals surface area contributed by atoms with Crippen LogP contribution < -0.4 is 17.0 Å². The highest BCUT2D eigenvalue weighted by Gasteiger charge is 2.04. The van der Waals surface area contributed by atoms with Gasteiger partial charge in [0.15, 0.2) is 0 Å². The summed E-state index contributed by atoms with van der Waals surface area (Å²) >= 11 is 1.58. The van der Waals surface area contributed by atoms with Crippen molar-refractivity contribution < 1.29 is 4.79 Å². The number of rotatable bonds is 4. The van der Waals surface area contributed by atoms with Crippen molar-refractivity contribution in [2.45, 2.75) is 10.8 Å². The van der Waals surface area contributed by atoms with E-state index in [2.05, 4.69) is 10.4 Å². The maximum absolute atomic E-state index is 11.4. The summed E-state index contributed by atoms with van der Waals surface area (Å²) in [5.41, 5.74) is 9.91. The Morgan fingerprint density at radius 3 is 2.84 bits per heavy atom. The maximum Gasteiger partial charge on any atom is 0.265 e. The van der Waals surface area contributed by atoms with Crippen LogP contribution in [0.4, 0.5) is 5.69 Å². The molecule has 0 saturated carbocycles. The predicted octanol–water partition coefficient (Wildman–Crippen LogP) is 1.56. The fraction of sp³-hybridized carbons (Fsp3) is 0.0769. The van der Waals surface area contributed by atoms with E-state index >= 15 is 0 Å². The van der Waals surface area contributed by atoms with Gasteiger partial charge in [-0.05, 0) is 29.8 Å². The smallest absolute Gasteiger partial charge is 0.265 e. The van der Waals surface area contributed by atoms with Crippen molar-refractivity contribution in [3.8, 4) is 0 Å². The van der Waals surface area contributed by atoms with Crippen molar-refractivity contribution in [2.24, 2.45) is 5.84 Å². The Morgan fingerprint density at radius 1 is 1.32 bits per heavy atom. The third-order valence-corrected chi connectivity index (χ3v) is 3.48. The lowest BCUT2D eigenvalue weighted by Crippen LogP contribution is -2.29. The molecule has 98 valence electrons. The number of carbonyl (C=O) groups is 1. The van der Waals surface area contributed by atoms with E-state index in [1.807, 2.05) is 30.3 Å². The molecule has 0 aliphatic rings. The molecule has 0 radical (unpaired) electrons. The number of nitrogens with one attached hydrogen (secondary N) is 1. The van der Waals surface area contributed by atoms with Gasteiger partial charge in [-0.15, -0.1) is 11.8 Å². The summed E-state index contributed by atoms with van der Waals surface area (Å²) in [6.45, 7) is 0. The van der Waals surface area contributed by atoms with Crippen LogP contribution in [0, 0.1) is 0 Å². The molecule has 0 saturated heterocycles. The number of hydrazine groups is 1. The first kappa shape index (κ1) is 13.4. The van der Waals surface area contributed by atoms with Crippen LogP contribution in [0.2, 0.25) is 0 Å². The molecule has 0 spiro atoms. The Bertz CT molecular complexity index is 571. The first-order chi connectivity index (χ1) is 9.19. The molecule has 0 aliphatic heterocycles. The molecular weight excluding hydrogens is 260 g/mol. The zero-order chi connectivity index (χ0) is 13.7. The summed E-state index contributed by atoms with van der Waals surface area (Å²) < 4.78 is 0. The maximum atomic E-state index is 11.4. The van der Waals surface area contributed by atoms with E-state index in [1.54, 1.807) is 24.0 Å². The highest BCUT2D eigenvalue weighted by atomic mass is 32.2. The normalized spacial score (nSPS) is 10.2. The lowest BCUT2D eigenvalue weighted by molar-refractivity contribution is 0.0953. The highest BCUT2D eigenvalue weighted by molar-refractivity contribution is 7.98. The van der Waals surface area contributed by atoms with Gasteiger partial charge in [-0.2, -0.15) is 0 Å². The second-order valence-electron chi connectivity index (χ2n) is 3.89. The van der Waals surface area contributed by atoms with Crippen LogP contribution in [0.3, 0.4) is 0 Å². The van der Waals surface area contributed by atoms with Gasteiger partial charge in [0.1, 0.15) is 0 Å². The average Bonchev–Trinajstić information content (AvgIpc) is 2.46. The van der Waals surface area contributed by atoms with Crippen LogP contribution in [0.15, 0.2) is 47.6 Å². The minimum absolute atomic E-state index is 0.294. The zero-order valence-corrected chi connectivity index (χ0v) is 11.0. The molecule has 0 fully saturated rings. The lowest BCUT2D eigenvalue weighted by atomic mass is 10.1. The molecule has 0 atom stereocenters. The SMILES string of the molecule is NNC(=O)c1cccc(CSc2ccc(N)cn2)c1. The van der Waals surface area contributed by atoms with E-state index in [0.29, 0.717) is 11.3 Å². The number of carbonyl (C=O) groups excluding carboxylic acids is 1. The summed E-state index contributed by atoms with van der Waals surface area (Å²) in [6, 6.07) is 11.0. The van der Waals surface area contributed by atoms with Gasteiger partial charge in [0.05, 0.1) is 16.9 Å². The molecule has 0 bridgehead atoms. The number of pyridine rings is 1. The highest BCUT2D eigenvalue weighted by Crippen LogP contribution is 2.21.